The zero-order valence-electron chi connectivity index (χ0n) is 20.5. The lowest BCUT2D eigenvalue weighted by molar-refractivity contribution is 0.0706. The number of aromatic nitrogens is 1. The molecule has 7 heteroatoms. The molecule has 178 valence electrons. The monoisotopic (exact) mass is 445 g/mol. The van der Waals surface area contributed by atoms with Crippen molar-refractivity contribution in [3.05, 3.63) is 33.7 Å². The largest absolute Gasteiger partial charge is 0.383 e. The van der Waals surface area contributed by atoms with E-state index >= 15 is 0 Å². The molecule has 1 N–H and O–H groups in total. The van der Waals surface area contributed by atoms with Gasteiger partial charge in [-0.25, -0.2) is 0 Å². The number of carbonyl (C=O) groups excluding carboxylic acids is 2. The van der Waals surface area contributed by atoms with Crippen LogP contribution in [-0.4, -0.2) is 54.1 Å². The maximum Gasteiger partial charge on any atom is 0.259 e. The van der Waals surface area contributed by atoms with Gasteiger partial charge in [-0.3, -0.25) is 14.4 Å². The smallest absolute Gasteiger partial charge is 0.259 e. The summed E-state index contributed by atoms with van der Waals surface area (Å²) in [5.41, 5.74) is -0.121. The summed E-state index contributed by atoms with van der Waals surface area (Å²) in [5.74, 6) is -0.243. The van der Waals surface area contributed by atoms with Gasteiger partial charge in [0.05, 0.1) is 6.61 Å². The summed E-state index contributed by atoms with van der Waals surface area (Å²) in [7, 11) is 1.55. The third kappa shape index (κ3) is 5.42. The van der Waals surface area contributed by atoms with Gasteiger partial charge in [-0.1, -0.05) is 34.6 Å². The van der Waals surface area contributed by atoms with Crippen LogP contribution in [0, 0.1) is 16.7 Å². The standard InChI is InChI=1S/C25H39N3O4/c1-17(2)7-9-27-13-19(22(30)26-8-10-32-6)21(29)20(14-27)23(31)28-16-25(5)12-18(28)11-24(3,4)15-25/h13-14,17-18H,7-12,15-16H2,1-6H3,(H,26,30)/t18-,25-/m1/s1. The Kier molecular flexibility index (Phi) is 7.18. The van der Waals surface area contributed by atoms with Gasteiger partial charge in [0, 0.05) is 45.2 Å². The molecule has 0 aromatic carbocycles. The normalized spacial score (nSPS) is 24.1. The number of likely N-dealkylation sites (tertiary alicyclic amines) is 1. The molecule has 7 nitrogen and oxygen atoms in total. The minimum atomic E-state index is -0.489. The van der Waals surface area contributed by atoms with E-state index in [2.05, 4.69) is 39.9 Å². The summed E-state index contributed by atoms with van der Waals surface area (Å²) in [6.45, 7) is 13.0. The van der Waals surface area contributed by atoms with Crippen molar-refractivity contribution in [1.82, 2.24) is 14.8 Å². The van der Waals surface area contributed by atoms with Crippen LogP contribution >= 0.6 is 0 Å². The molecule has 1 aliphatic carbocycles. The fraction of sp³-hybridized carbons (Fsp3) is 0.720. The van der Waals surface area contributed by atoms with E-state index in [0.29, 0.717) is 32.2 Å². The second-order valence-electron chi connectivity index (χ2n) is 11.2. The van der Waals surface area contributed by atoms with E-state index in [9.17, 15) is 14.4 Å². The number of hydrogen-bond acceptors (Lipinski definition) is 4. The molecule has 0 unspecified atom stereocenters. The van der Waals surface area contributed by atoms with Crippen molar-refractivity contribution in [2.24, 2.45) is 16.7 Å². The highest BCUT2D eigenvalue weighted by Gasteiger charge is 2.51. The Morgan fingerprint density at radius 1 is 1.19 bits per heavy atom. The van der Waals surface area contributed by atoms with Gasteiger partial charge in [-0.05, 0) is 42.4 Å². The fourth-order valence-electron chi connectivity index (χ4n) is 5.70. The number of carbonyl (C=O) groups is 2. The molecule has 2 bridgehead atoms. The van der Waals surface area contributed by atoms with Crippen molar-refractivity contribution in [3.63, 3.8) is 0 Å². The van der Waals surface area contributed by atoms with Gasteiger partial charge in [0.25, 0.3) is 11.8 Å². The lowest BCUT2D eigenvalue weighted by Crippen LogP contribution is -2.41. The topological polar surface area (TPSA) is 80.6 Å². The molecule has 2 aliphatic rings. The van der Waals surface area contributed by atoms with Crippen LogP contribution in [0.5, 0.6) is 0 Å². The maximum atomic E-state index is 13.7. The van der Waals surface area contributed by atoms with E-state index in [0.717, 1.165) is 25.7 Å². The number of ether oxygens (including phenoxy) is 1. The number of nitrogens with one attached hydrogen (secondary N) is 1. The molecule has 3 rings (SSSR count). The molecule has 0 spiro atoms. The Morgan fingerprint density at radius 3 is 2.53 bits per heavy atom. The predicted molar refractivity (Wildman–Crippen MR) is 125 cm³/mol. The van der Waals surface area contributed by atoms with Gasteiger partial charge in [-0.2, -0.15) is 0 Å². The van der Waals surface area contributed by atoms with Crippen LogP contribution in [0.2, 0.25) is 0 Å². The molecule has 0 radical (unpaired) electrons. The Hall–Kier alpha value is -2.15. The third-order valence-corrected chi connectivity index (χ3v) is 6.79. The van der Waals surface area contributed by atoms with Crippen molar-refractivity contribution in [3.8, 4) is 0 Å². The summed E-state index contributed by atoms with van der Waals surface area (Å²) in [6, 6.07) is 0.138. The number of methoxy groups -OCH3 is 1. The number of fused-ring (bicyclic) bond motifs is 2. The first-order chi connectivity index (χ1) is 14.9. The van der Waals surface area contributed by atoms with Crippen LogP contribution < -0.4 is 10.7 Å². The highest BCUT2D eigenvalue weighted by Crippen LogP contribution is 2.52. The number of nitrogens with zero attached hydrogens (tertiary/aromatic N) is 2. The zero-order chi connectivity index (χ0) is 23.7. The van der Waals surface area contributed by atoms with Crippen molar-refractivity contribution in [2.45, 2.75) is 72.9 Å². The Morgan fingerprint density at radius 2 is 1.88 bits per heavy atom. The minimum Gasteiger partial charge on any atom is -0.383 e. The SMILES string of the molecule is COCCNC(=O)c1cn(CCC(C)C)cc(C(=O)N2C[C@]3(C)C[C@H]2CC(C)(C)C3)c1=O. The maximum absolute atomic E-state index is 13.7. The number of aryl methyl sites for hydroxylation is 1. The van der Waals surface area contributed by atoms with Gasteiger partial charge >= 0.3 is 0 Å². The molecular formula is C25H39N3O4. The molecule has 1 saturated carbocycles. The molecule has 2 amide bonds. The first-order valence-electron chi connectivity index (χ1n) is 11.8. The first-order valence-corrected chi connectivity index (χ1v) is 11.8. The van der Waals surface area contributed by atoms with E-state index in [4.69, 9.17) is 4.74 Å². The van der Waals surface area contributed by atoms with Gasteiger partial charge in [-0.15, -0.1) is 0 Å². The predicted octanol–water partition coefficient (Wildman–Crippen LogP) is 3.31. The Labute approximate surface area is 191 Å². The molecule has 32 heavy (non-hydrogen) atoms. The van der Waals surface area contributed by atoms with Gasteiger partial charge in [0.2, 0.25) is 5.43 Å². The molecule has 2 fully saturated rings. The van der Waals surface area contributed by atoms with E-state index in [1.807, 2.05) is 9.47 Å². The second kappa shape index (κ2) is 9.38. The van der Waals surface area contributed by atoms with Crippen molar-refractivity contribution in [2.75, 3.05) is 26.8 Å². The van der Waals surface area contributed by atoms with Gasteiger partial charge < -0.3 is 19.5 Å². The van der Waals surface area contributed by atoms with Crippen molar-refractivity contribution >= 4 is 11.8 Å². The van der Waals surface area contributed by atoms with Crippen molar-refractivity contribution < 1.29 is 14.3 Å². The average molecular weight is 446 g/mol. The fourth-order valence-corrected chi connectivity index (χ4v) is 5.70. The van der Waals surface area contributed by atoms with Crippen molar-refractivity contribution in [1.29, 1.82) is 0 Å². The first kappa shape index (κ1) is 24.5. The number of pyridine rings is 1. The van der Waals surface area contributed by atoms with Crippen LogP contribution in [0.4, 0.5) is 0 Å². The second-order valence-corrected chi connectivity index (χ2v) is 11.2. The highest BCUT2D eigenvalue weighted by molar-refractivity contribution is 5.99. The third-order valence-electron chi connectivity index (χ3n) is 6.79. The van der Waals surface area contributed by atoms with E-state index < -0.39 is 11.3 Å². The quantitative estimate of drug-likeness (QED) is 0.623. The minimum absolute atomic E-state index is 0.0180. The van der Waals surface area contributed by atoms with Gasteiger partial charge in [0.1, 0.15) is 11.1 Å². The summed E-state index contributed by atoms with van der Waals surface area (Å²) in [5, 5.41) is 2.72. The summed E-state index contributed by atoms with van der Waals surface area (Å²) in [4.78, 5) is 41.6. The Bertz CT molecular complexity index is 920. The van der Waals surface area contributed by atoms with E-state index in [1.165, 1.54) is 0 Å². The molecule has 1 aromatic rings. The van der Waals surface area contributed by atoms with Gasteiger partial charge in [0.15, 0.2) is 0 Å². The zero-order valence-corrected chi connectivity index (χ0v) is 20.5. The summed E-state index contributed by atoms with van der Waals surface area (Å²) < 4.78 is 6.81. The van der Waals surface area contributed by atoms with Crippen LogP contribution in [-0.2, 0) is 11.3 Å². The summed E-state index contributed by atoms with van der Waals surface area (Å²) >= 11 is 0. The molecule has 1 aromatic heterocycles. The van der Waals surface area contributed by atoms with Crippen LogP contribution in [0.1, 0.15) is 81.0 Å². The molecule has 2 atom stereocenters. The highest BCUT2D eigenvalue weighted by atomic mass is 16.5. The number of rotatable bonds is 8. The molecule has 1 aliphatic heterocycles. The molecular weight excluding hydrogens is 406 g/mol. The van der Waals surface area contributed by atoms with Crippen LogP contribution in [0.25, 0.3) is 0 Å². The van der Waals surface area contributed by atoms with Crippen LogP contribution in [0.3, 0.4) is 0 Å². The summed E-state index contributed by atoms with van der Waals surface area (Å²) in [6.07, 6.45) is 7.10. The lowest BCUT2D eigenvalue weighted by Gasteiger charge is -2.39. The van der Waals surface area contributed by atoms with E-state index in [1.54, 1.807) is 19.5 Å². The number of amides is 2. The lowest BCUT2D eigenvalue weighted by atomic mass is 9.65. The van der Waals surface area contributed by atoms with E-state index in [-0.39, 0.29) is 33.9 Å². The average Bonchev–Trinajstić information content (AvgIpc) is 2.95. The molecule has 2 heterocycles. The molecule has 1 saturated heterocycles. The van der Waals surface area contributed by atoms with Crippen LogP contribution in [0.15, 0.2) is 17.2 Å². The Balaban J connectivity index is 1.94. The number of hydrogen-bond donors (Lipinski definition) is 1.